The molecule has 1 amide bonds. The van der Waals surface area contributed by atoms with Crippen LogP contribution in [0.2, 0.25) is 0 Å². The lowest BCUT2D eigenvalue weighted by molar-refractivity contribution is 0.0767. The fourth-order valence-corrected chi connectivity index (χ4v) is 1.93. The van der Waals surface area contributed by atoms with Crippen LogP contribution in [0, 0.1) is 6.92 Å². The Balaban J connectivity index is 0.00000180. The highest BCUT2D eigenvalue weighted by Gasteiger charge is 2.20. The SMILES string of the molecule is CNCCN(C)C(=O)c1oc2ccccc2c1C.Cl. The molecule has 1 heterocycles. The number of benzene rings is 1. The Hall–Kier alpha value is -1.52. The number of aryl methyl sites for hydroxylation is 1. The summed E-state index contributed by atoms with van der Waals surface area (Å²) in [6.07, 6.45) is 0. The van der Waals surface area contributed by atoms with E-state index in [1.54, 1.807) is 11.9 Å². The number of carbonyl (C=O) groups is 1. The first-order valence-electron chi connectivity index (χ1n) is 6.03. The highest BCUT2D eigenvalue weighted by molar-refractivity contribution is 5.98. The molecular formula is C14H19ClN2O2. The van der Waals surface area contributed by atoms with Crippen molar-refractivity contribution in [2.75, 3.05) is 27.2 Å². The maximum absolute atomic E-state index is 12.2. The van der Waals surface area contributed by atoms with Gasteiger partial charge in [0.2, 0.25) is 0 Å². The van der Waals surface area contributed by atoms with E-state index in [0.717, 1.165) is 23.1 Å². The van der Waals surface area contributed by atoms with E-state index in [2.05, 4.69) is 5.32 Å². The van der Waals surface area contributed by atoms with Crippen molar-refractivity contribution in [1.82, 2.24) is 10.2 Å². The molecule has 0 bridgehead atoms. The minimum atomic E-state index is -0.0704. The molecule has 0 radical (unpaired) electrons. The van der Waals surface area contributed by atoms with Gasteiger partial charge in [0, 0.05) is 31.1 Å². The van der Waals surface area contributed by atoms with E-state index in [1.165, 1.54) is 0 Å². The van der Waals surface area contributed by atoms with Crippen LogP contribution in [0.15, 0.2) is 28.7 Å². The number of furan rings is 1. The summed E-state index contributed by atoms with van der Waals surface area (Å²) in [7, 11) is 3.65. The summed E-state index contributed by atoms with van der Waals surface area (Å²) >= 11 is 0. The van der Waals surface area contributed by atoms with Crippen LogP contribution in [0.3, 0.4) is 0 Å². The van der Waals surface area contributed by atoms with Crippen LogP contribution in [0.1, 0.15) is 16.1 Å². The van der Waals surface area contributed by atoms with E-state index in [1.807, 2.05) is 38.2 Å². The van der Waals surface area contributed by atoms with Gasteiger partial charge in [0.15, 0.2) is 5.76 Å². The van der Waals surface area contributed by atoms with E-state index in [-0.39, 0.29) is 18.3 Å². The number of amides is 1. The van der Waals surface area contributed by atoms with Gasteiger partial charge in [-0.3, -0.25) is 4.79 Å². The van der Waals surface area contributed by atoms with Gasteiger partial charge in [-0.2, -0.15) is 0 Å². The predicted molar refractivity (Wildman–Crippen MR) is 79.1 cm³/mol. The average Bonchev–Trinajstić information content (AvgIpc) is 2.73. The number of para-hydroxylation sites is 1. The summed E-state index contributed by atoms with van der Waals surface area (Å²) in [6, 6.07) is 7.71. The van der Waals surface area contributed by atoms with E-state index in [0.29, 0.717) is 12.3 Å². The number of fused-ring (bicyclic) bond motifs is 1. The first-order chi connectivity index (χ1) is 8.65. The second-order valence-corrected chi connectivity index (χ2v) is 4.38. The van der Waals surface area contributed by atoms with Crippen molar-refractivity contribution in [2.45, 2.75) is 6.92 Å². The summed E-state index contributed by atoms with van der Waals surface area (Å²) < 4.78 is 5.65. The van der Waals surface area contributed by atoms with Crippen molar-refractivity contribution in [1.29, 1.82) is 0 Å². The van der Waals surface area contributed by atoms with Crippen LogP contribution in [0.5, 0.6) is 0 Å². The Labute approximate surface area is 119 Å². The Bertz CT molecular complexity index is 566. The smallest absolute Gasteiger partial charge is 0.289 e. The second kappa shape index (κ2) is 6.59. The van der Waals surface area contributed by atoms with Gasteiger partial charge in [0.25, 0.3) is 5.91 Å². The first kappa shape index (κ1) is 15.5. The maximum atomic E-state index is 12.2. The molecule has 0 saturated carbocycles. The number of rotatable bonds is 4. The van der Waals surface area contributed by atoms with Crippen molar-refractivity contribution < 1.29 is 9.21 Å². The lowest BCUT2D eigenvalue weighted by Crippen LogP contribution is -2.32. The molecule has 4 nitrogen and oxygen atoms in total. The Kier molecular flexibility index (Phi) is 5.39. The molecule has 104 valence electrons. The molecule has 0 spiro atoms. The van der Waals surface area contributed by atoms with E-state index >= 15 is 0 Å². The van der Waals surface area contributed by atoms with Crippen LogP contribution < -0.4 is 5.32 Å². The lowest BCUT2D eigenvalue weighted by atomic mass is 10.1. The summed E-state index contributed by atoms with van der Waals surface area (Å²) in [5.74, 6) is 0.369. The van der Waals surface area contributed by atoms with Gasteiger partial charge in [0.05, 0.1) is 0 Å². The van der Waals surface area contributed by atoms with Crippen LogP contribution in [0.4, 0.5) is 0 Å². The monoisotopic (exact) mass is 282 g/mol. The standard InChI is InChI=1S/C14H18N2O2.ClH/c1-10-11-6-4-5-7-12(11)18-13(10)14(17)16(3)9-8-15-2;/h4-7,15H,8-9H2,1-3H3;1H. The van der Waals surface area contributed by atoms with Crippen molar-refractivity contribution in [3.05, 3.63) is 35.6 Å². The van der Waals surface area contributed by atoms with E-state index in [9.17, 15) is 4.79 Å². The summed E-state index contributed by atoms with van der Waals surface area (Å²) in [4.78, 5) is 13.9. The summed E-state index contributed by atoms with van der Waals surface area (Å²) in [6.45, 7) is 3.35. The van der Waals surface area contributed by atoms with E-state index < -0.39 is 0 Å². The molecule has 0 saturated heterocycles. The van der Waals surface area contributed by atoms with Gasteiger partial charge in [0.1, 0.15) is 5.58 Å². The quantitative estimate of drug-likeness (QED) is 0.937. The third-order valence-corrected chi connectivity index (χ3v) is 3.08. The molecular weight excluding hydrogens is 264 g/mol. The molecule has 1 aromatic heterocycles. The van der Waals surface area contributed by atoms with Gasteiger partial charge in [-0.25, -0.2) is 0 Å². The molecule has 19 heavy (non-hydrogen) atoms. The number of carbonyl (C=O) groups excluding carboxylic acids is 1. The van der Waals surface area contributed by atoms with Gasteiger partial charge in [-0.15, -0.1) is 12.4 Å². The minimum Gasteiger partial charge on any atom is -0.451 e. The van der Waals surface area contributed by atoms with Crippen molar-refractivity contribution in [3.8, 4) is 0 Å². The maximum Gasteiger partial charge on any atom is 0.289 e. The predicted octanol–water partition coefficient (Wildman–Crippen LogP) is 2.45. The van der Waals surface area contributed by atoms with Crippen LogP contribution in [0.25, 0.3) is 11.0 Å². The number of nitrogens with zero attached hydrogens (tertiary/aromatic N) is 1. The average molecular weight is 283 g/mol. The van der Waals surface area contributed by atoms with Crippen LogP contribution in [-0.2, 0) is 0 Å². The zero-order valence-electron chi connectivity index (χ0n) is 11.4. The molecule has 5 heteroatoms. The molecule has 1 aromatic carbocycles. The van der Waals surface area contributed by atoms with Crippen molar-refractivity contribution >= 4 is 29.3 Å². The molecule has 0 atom stereocenters. The molecule has 0 unspecified atom stereocenters. The number of hydrogen-bond donors (Lipinski definition) is 1. The van der Waals surface area contributed by atoms with Gasteiger partial charge in [-0.1, -0.05) is 18.2 Å². The molecule has 0 aliphatic carbocycles. The number of nitrogens with one attached hydrogen (secondary N) is 1. The van der Waals surface area contributed by atoms with Gasteiger partial charge >= 0.3 is 0 Å². The molecule has 0 fully saturated rings. The topological polar surface area (TPSA) is 45.5 Å². The minimum absolute atomic E-state index is 0. The first-order valence-corrected chi connectivity index (χ1v) is 6.03. The van der Waals surface area contributed by atoms with Crippen molar-refractivity contribution in [3.63, 3.8) is 0 Å². The summed E-state index contributed by atoms with van der Waals surface area (Å²) in [5, 5.41) is 4.02. The lowest BCUT2D eigenvalue weighted by Gasteiger charge is -2.15. The highest BCUT2D eigenvalue weighted by Crippen LogP contribution is 2.25. The zero-order chi connectivity index (χ0) is 13.1. The van der Waals surface area contributed by atoms with Gasteiger partial charge in [-0.05, 0) is 20.0 Å². The second-order valence-electron chi connectivity index (χ2n) is 4.38. The largest absolute Gasteiger partial charge is 0.451 e. The molecule has 0 aliphatic heterocycles. The van der Waals surface area contributed by atoms with Crippen LogP contribution in [-0.4, -0.2) is 38.0 Å². The normalized spacial score (nSPS) is 10.3. The Morgan fingerprint density at radius 1 is 1.37 bits per heavy atom. The molecule has 0 aliphatic rings. The highest BCUT2D eigenvalue weighted by atomic mass is 35.5. The fraction of sp³-hybridized carbons (Fsp3) is 0.357. The van der Waals surface area contributed by atoms with Crippen LogP contribution >= 0.6 is 12.4 Å². The number of likely N-dealkylation sites (N-methyl/N-ethyl adjacent to an activating group) is 2. The fourth-order valence-electron chi connectivity index (χ4n) is 1.93. The third kappa shape index (κ3) is 3.08. The van der Waals surface area contributed by atoms with Crippen molar-refractivity contribution in [2.24, 2.45) is 0 Å². The number of halogens is 1. The molecule has 1 N–H and O–H groups in total. The Morgan fingerprint density at radius 2 is 2.05 bits per heavy atom. The zero-order valence-corrected chi connectivity index (χ0v) is 12.2. The Morgan fingerprint density at radius 3 is 2.68 bits per heavy atom. The number of hydrogen-bond acceptors (Lipinski definition) is 3. The molecule has 2 rings (SSSR count). The van der Waals surface area contributed by atoms with Gasteiger partial charge < -0.3 is 14.6 Å². The summed E-state index contributed by atoms with van der Waals surface area (Å²) in [5.41, 5.74) is 1.67. The van der Waals surface area contributed by atoms with E-state index in [4.69, 9.17) is 4.42 Å². The third-order valence-electron chi connectivity index (χ3n) is 3.08. The molecule has 2 aromatic rings.